The first-order chi connectivity index (χ1) is 16.3. The summed E-state index contributed by atoms with van der Waals surface area (Å²) in [5.74, 6) is 0.493. The maximum atomic E-state index is 12.8. The van der Waals surface area contributed by atoms with Gasteiger partial charge in [-0.1, -0.05) is 53.5 Å². The Morgan fingerprint density at radius 2 is 1.65 bits per heavy atom. The van der Waals surface area contributed by atoms with Gasteiger partial charge in [0, 0.05) is 21.3 Å². The number of nitrogens with zero attached hydrogens (tertiary/aromatic N) is 1. The monoisotopic (exact) mass is 494 g/mol. The number of anilines is 1. The predicted molar refractivity (Wildman–Crippen MR) is 137 cm³/mol. The number of hydrogen-bond donors (Lipinski definition) is 1. The smallest absolute Gasteiger partial charge is 0.266 e. The molecule has 0 saturated carbocycles. The highest BCUT2D eigenvalue weighted by Crippen LogP contribution is 2.32. The molecule has 1 amide bonds. The van der Waals surface area contributed by atoms with Gasteiger partial charge in [-0.25, -0.2) is 0 Å². The van der Waals surface area contributed by atoms with E-state index >= 15 is 0 Å². The summed E-state index contributed by atoms with van der Waals surface area (Å²) in [6, 6.07) is 18.2. The van der Waals surface area contributed by atoms with Crippen LogP contribution in [-0.2, 0) is 11.4 Å². The molecule has 1 N–H and O–H groups in total. The second-order valence-corrected chi connectivity index (χ2v) is 8.33. The molecule has 0 unspecified atom stereocenters. The number of halogens is 2. The maximum absolute atomic E-state index is 12.8. The van der Waals surface area contributed by atoms with Crippen molar-refractivity contribution in [1.82, 2.24) is 0 Å². The average molecular weight is 495 g/mol. The third-order valence-corrected chi connectivity index (χ3v) is 5.81. The van der Waals surface area contributed by atoms with Gasteiger partial charge in [-0.2, -0.15) is 5.26 Å². The number of aryl methyl sites for hydroxylation is 2. The molecule has 0 spiro atoms. The molecule has 0 aliphatic carbocycles. The van der Waals surface area contributed by atoms with Crippen molar-refractivity contribution in [3.63, 3.8) is 0 Å². The summed E-state index contributed by atoms with van der Waals surface area (Å²) in [6.07, 6.45) is 1.51. The molecule has 0 atom stereocenters. The number of benzene rings is 3. The fraction of sp³-hybridized carbons (Fsp3) is 0.185. The lowest BCUT2D eigenvalue weighted by Gasteiger charge is -2.14. The Morgan fingerprint density at radius 1 is 1.00 bits per heavy atom. The first kappa shape index (κ1) is 25.2. The normalized spacial score (nSPS) is 11.0. The van der Waals surface area contributed by atoms with Crippen LogP contribution in [0.3, 0.4) is 0 Å². The molecule has 7 heteroatoms. The van der Waals surface area contributed by atoms with Crippen LogP contribution >= 0.6 is 23.2 Å². The largest absolute Gasteiger partial charge is 0.490 e. The van der Waals surface area contributed by atoms with Crippen LogP contribution in [0, 0.1) is 25.2 Å². The Hall–Kier alpha value is -3.46. The van der Waals surface area contributed by atoms with E-state index in [0.717, 1.165) is 11.1 Å². The molecular formula is C27H24Cl2N2O3. The number of amides is 1. The van der Waals surface area contributed by atoms with Gasteiger partial charge in [0.05, 0.1) is 6.61 Å². The van der Waals surface area contributed by atoms with Crippen molar-refractivity contribution in [1.29, 1.82) is 5.26 Å². The standard InChI is InChI=1S/C27H24Cl2N2O3/c1-4-33-25-14-19(11-12-24(25)34-16-21-22(28)9-6-10-23(21)29)13-20(15-30)27(32)31-26-17(2)7-5-8-18(26)3/h5-14H,4,16H2,1-3H3,(H,31,32)/b20-13-. The first-order valence-electron chi connectivity index (χ1n) is 10.7. The fourth-order valence-electron chi connectivity index (χ4n) is 3.33. The number of para-hydroxylation sites is 1. The summed E-state index contributed by atoms with van der Waals surface area (Å²) in [6.45, 7) is 6.24. The topological polar surface area (TPSA) is 71.3 Å². The molecule has 5 nitrogen and oxygen atoms in total. The van der Waals surface area contributed by atoms with Crippen LogP contribution in [0.5, 0.6) is 11.5 Å². The van der Waals surface area contributed by atoms with Crippen molar-refractivity contribution in [2.24, 2.45) is 0 Å². The van der Waals surface area contributed by atoms with Crippen LogP contribution in [0.1, 0.15) is 29.2 Å². The molecule has 3 rings (SSSR count). The van der Waals surface area contributed by atoms with E-state index in [1.165, 1.54) is 6.08 Å². The summed E-state index contributed by atoms with van der Waals surface area (Å²) >= 11 is 12.5. The van der Waals surface area contributed by atoms with Gasteiger partial charge in [0.15, 0.2) is 11.5 Å². The lowest BCUT2D eigenvalue weighted by atomic mass is 10.1. The minimum atomic E-state index is -0.480. The maximum Gasteiger partial charge on any atom is 0.266 e. The molecule has 0 aliphatic heterocycles. The Labute approximate surface area is 209 Å². The molecule has 0 aromatic heterocycles. The van der Waals surface area contributed by atoms with Gasteiger partial charge in [-0.05, 0) is 67.8 Å². The van der Waals surface area contributed by atoms with Crippen molar-refractivity contribution in [2.75, 3.05) is 11.9 Å². The number of hydrogen-bond acceptors (Lipinski definition) is 4. The van der Waals surface area contributed by atoms with Crippen LogP contribution < -0.4 is 14.8 Å². The number of nitriles is 1. The van der Waals surface area contributed by atoms with E-state index in [9.17, 15) is 10.1 Å². The molecule has 0 fully saturated rings. The zero-order valence-corrected chi connectivity index (χ0v) is 20.6. The number of nitrogens with one attached hydrogen (secondary N) is 1. The zero-order chi connectivity index (χ0) is 24.7. The highest BCUT2D eigenvalue weighted by molar-refractivity contribution is 6.35. The predicted octanol–water partition coefficient (Wildman–Crippen LogP) is 7.13. The zero-order valence-electron chi connectivity index (χ0n) is 19.1. The SMILES string of the molecule is CCOc1cc(/C=C(/C#N)C(=O)Nc2c(C)cccc2C)ccc1OCc1c(Cl)cccc1Cl. The number of ether oxygens (including phenoxy) is 2. The minimum Gasteiger partial charge on any atom is -0.490 e. The Kier molecular flexibility index (Phi) is 8.59. The van der Waals surface area contributed by atoms with Crippen molar-refractivity contribution < 1.29 is 14.3 Å². The van der Waals surface area contributed by atoms with Crippen LogP contribution in [0.4, 0.5) is 5.69 Å². The van der Waals surface area contributed by atoms with E-state index in [2.05, 4.69) is 5.32 Å². The molecule has 0 bridgehead atoms. The molecule has 0 saturated heterocycles. The summed E-state index contributed by atoms with van der Waals surface area (Å²) in [7, 11) is 0. The summed E-state index contributed by atoms with van der Waals surface area (Å²) in [4.78, 5) is 12.8. The highest BCUT2D eigenvalue weighted by Gasteiger charge is 2.14. The van der Waals surface area contributed by atoms with Crippen molar-refractivity contribution in [2.45, 2.75) is 27.4 Å². The fourth-order valence-corrected chi connectivity index (χ4v) is 3.84. The minimum absolute atomic E-state index is 0.0263. The van der Waals surface area contributed by atoms with E-state index in [1.807, 2.05) is 45.0 Å². The second-order valence-electron chi connectivity index (χ2n) is 7.52. The lowest BCUT2D eigenvalue weighted by molar-refractivity contribution is -0.112. The summed E-state index contributed by atoms with van der Waals surface area (Å²) < 4.78 is 11.6. The molecule has 3 aromatic carbocycles. The van der Waals surface area contributed by atoms with Gasteiger partial charge in [0.1, 0.15) is 18.2 Å². The van der Waals surface area contributed by atoms with E-state index in [4.69, 9.17) is 32.7 Å². The second kappa shape index (κ2) is 11.6. The third kappa shape index (κ3) is 6.11. The Bertz CT molecular complexity index is 1240. The molecule has 34 heavy (non-hydrogen) atoms. The first-order valence-corrected chi connectivity index (χ1v) is 11.4. The number of rotatable bonds is 8. The summed E-state index contributed by atoms with van der Waals surface area (Å²) in [5.41, 5.74) is 3.81. The van der Waals surface area contributed by atoms with Gasteiger partial charge in [-0.3, -0.25) is 4.79 Å². The van der Waals surface area contributed by atoms with Crippen LogP contribution in [0.25, 0.3) is 6.08 Å². The van der Waals surface area contributed by atoms with Gasteiger partial charge in [0.2, 0.25) is 0 Å². The van der Waals surface area contributed by atoms with Crippen LogP contribution in [0.15, 0.2) is 60.2 Å². The van der Waals surface area contributed by atoms with Gasteiger partial charge in [-0.15, -0.1) is 0 Å². The van der Waals surface area contributed by atoms with Gasteiger partial charge in [0.25, 0.3) is 5.91 Å². The van der Waals surface area contributed by atoms with E-state index < -0.39 is 5.91 Å². The number of carbonyl (C=O) groups excluding carboxylic acids is 1. The lowest BCUT2D eigenvalue weighted by Crippen LogP contribution is -2.15. The summed E-state index contributed by atoms with van der Waals surface area (Å²) in [5, 5.41) is 13.5. The van der Waals surface area contributed by atoms with Gasteiger partial charge < -0.3 is 14.8 Å². The van der Waals surface area contributed by atoms with E-state index in [0.29, 0.717) is 45.0 Å². The molecule has 174 valence electrons. The molecule has 0 radical (unpaired) electrons. The Balaban J connectivity index is 1.84. The molecule has 0 aliphatic rings. The van der Waals surface area contributed by atoms with Crippen molar-refractivity contribution in [3.8, 4) is 17.6 Å². The third-order valence-electron chi connectivity index (χ3n) is 5.10. The molecular weight excluding hydrogens is 471 g/mol. The van der Waals surface area contributed by atoms with Crippen molar-refractivity contribution >= 4 is 40.9 Å². The number of carbonyl (C=O) groups is 1. The van der Waals surface area contributed by atoms with Crippen molar-refractivity contribution in [3.05, 3.63) is 92.5 Å². The van der Waals surface area contributed by atoms with E-state index in [1.54, 1.807) is 36.4 Å². The molecule has 3 aromatic rings. The van der Waals surface area contributed by atoms with Gasteiger partial charge >= 0.3 is 0 Å². The molecule has 0 heterocycles. The Morgan fingerprint density at radius 3 is 2.26 bits per heavy atom. The van der Waals surface area contributed by atoms with Crippen LogP contribution in [-0.4, -0.2) is 12.5 Å². The average Bonchev–Trinajstić information content (AvgIpc) is 2.80. The van der Waals surface area contributed by atoms with E-state index in [-0.39, 0.29) is 12.2 Å². The van der Waals surface area contributed by atoms with Crippen LogP contribution in [0.2, 0.25) is 10.0 Å². The highest BCUT2D eigenvalue weighted by atomic mass is 35.5. The quantitative estimate of drug-likeness (QED) is 0.267.